The summed E-state index contributed by atoms with van der Waals surface area (Å²) in [4.78, 5) is 29.3. The summed E-state index contributed by atoms with van der Waals surface area (Å²) in [6.07, 6.45) is 0.975. The normalized spacial score (nSPS) is 16.4. The number of carbonyl (C=O) groups is 2. The van der Waals surface area contributed by atoms with E-state index in [9.17, 15) is 9.59 Å². The van der Waals surface area contributed by atoms with Gasteiger partial charge in [-0.1, -0.05) is 6.07 Å². The standard InChI is InChI=1S/C21H21N3O2S2/c1-22-21(26)14-4-6-15(7-5-14)23-19(25)13-24-10-8-17-16(9-12-28-17)20(24)18-3-2-11-27-18/h2-7,9,11-12,20H,8,10,13H2,1H3,(H,22,26)(H,23,25)/t20-/m1/s1. The van der Waals surface area contributed by atoms with Gasteiger partial charge in [-0.25, -0.2) is 0 Å². The first-order chi connectivity index (χ1) is 13.7. The van der Waals surface area contributed by atoms with Gasteiger partial charge in [-0.3, -0.25) is 14.5 Å². The molecular weight excluding hydrogens is 390 g/mol. The number of fused-ring (bicyclic) bond motifs is 1. The van der Waals surface area contributed by atoms with E-state index >= 15 is 0 Å². The molecular formula is C21H21N3O2S2. The molecule has 3 heterocycles. The maximum absolute atomic E-state index is 12.7. The molecule has 5 nitrogen and oxygen atoms in total. The molecule has 0 radical (unpaired) electrons. The lowest BCUT2D eigenvalue weighted by molar-refractivity contribution is -0.117. The van der Waals surface area contributed by atoms with E-state index in [0.29, 0.717) is 17.8 Å². The molecule has 0 spiro atoms. The van der Waals surface area contributed by atoms with Crippen LogP contribution in [0, 0.1) is 0 Å². The van der Waals surface area contributed by atoms with E-state index in [0.717, 1.165) is 13.0 Å². The monoisotopic (exact) mass is 411 g/mol. The number of hydrogen-bond donors (Lipinski definition) is 2. The van der Waals surface area contributed by atoms with Gasteiger partial charge in [0.05, 0.1) is 12.6 Å². The number of anilines is 1. The highest BCUT2D eigenvalue weighted by Crippen LogP contribution is 2.39. The van der Waals surface area contributed by atoms with Crippen LogP contribution in [0.5, 0.6) is 0 Å². The van der Waals surface area contributed by atoms with Crippen molar-refractivity contribution in [2.24, 2.45) is 0 Å². The van der Waals surface area contributed by atoms with Gasteiger partial charge >= 0.3 is 0 Å². The third kappa shape index (κ3) is 3.87. The third-order valence-electron chi connectivity index (χ3n) is 4.88. The number of nitrogens with zero attached hydrogens (tertiary/aromatic N) is 1. The lowest BCUT2D eigenvalue weighted by Gasteiger charge is -2.34. The predicted octanol–water partition coefficient (Wildman–Crippen LogP) is 3.76. The molecule has 1 aliphatic heterocycles. The van der Waals surface area contributed by atoms with E-state index in [-0.39, 0.29) is 17.9 Å². The average molecular weight is 412 g/mol. The van der Waals surface area contributed by atoms with Crippen molar-refractivity contribution in [1.82, 2.24) is 10.2 Å². The molecule has 4 rings (SSSR count). The van der Waals surface area contributed by atoms with E-state index in [4.69, 9.17) is 0 Å². The van der Waals surface area contributed by atoms with Crippen molar-refractivity contribution in [3.63, 3.8) is 0 Å². The molecule has 144 valence electrons. The van der Waals surface area contributed by atoms with Crippen molar-refractivity contribution in [2.45, 2.75) is 12.5 Å². The van der Waals surface area contributed by atoms with E-state index < -0.39 is 0 Å². The summed E-state index contributed by atoms with van der Waals surface area (Å²) in [6, 6.07) is 13.5. The smallest absolute Gasteiger partial charge is 0.251 e. The highest BCUT2D eigenvalue weighted by Gasteiger charge is 2.31. The van der Waals surface area contributed by atoms with Gasteiger partial charge in [0.25, 0.3) is 5.91 Å². The SMILES string of the molecule is CNC(=O)c1ccc(NC(=O)CN2CCc3sccc3[C@@H]2c2cccs2)cc1. The number of carbonyl (C=O) groups excluding carboxylic acids is 2. The Bertz CT molecular complexity index is 964. The van der Waals surface area contributed by atoms with Crippen LogP contribution >= 0.6 is 22.7 Å². The second kappa shape index (κ2) is 8.26. The fourth-order valence-electron chi connectivity index (χ4n) is 3.55. The van der Waals surface area contributed by atoms with Crippen LogP contribution in [-0.2, 0) is 11.2 Å². The summed E-state index contributed by atoms with van der Waals surface area (Å²) in [6.45, 7) is 1.19. The first kappa shape index (κ1) is 18.9. The van der Waals surface area contributed by atoms with Crippen LogP contribution in [0.4, 0.5) is 5.69 Å². The van der Waals surface area contributed by atoms with Crippen LogP contribution in [0.2, 0.25) is 0 Å². The number of thiophene rings is 2. The van der Waals surface area contributed by atoms with Crippen LogP contribution < -0.4 is 10.6 Å². The first-order valence-corrected chi connectivity index (χ1v) is 10.9. The quantitative estimate of drug-likeness (QED) is 0.672. The molecule has 1 aromatic carbocycles. The van der Waals surface area contributed by atoms with Crippen LogP contribution in [-0.4, -0.2) is 36.9 Å². The molecule has 3 aromatic rings. The lowest BCUT2D eigenvalue weighted by Crippen LogP contribution is -2.40. The summed E-state index contributed by atoms with van der Waals surface area (Å²) < 4.78 is 0. The third-order valence-corrected chi connectivity index (χ3v) is 6.80. The Labute approximate surface area is 172 Å². The minimum Gasteiger partial charge on any atom is -0.355 e. The van der Waals surface area contributed by atoms with Crippen molar-refractivity contribution >= 4 is 40.2 Å². The first-order valence-electron chi connectivity index (χ1n) is 9.11. The molecule has 0 unspecified atom stereocenters. The molecule has 0 bridgehead atoms. The molecule has 1 atom stereocenters. The zero-order chi connectivity index (χ0) is 19.5. The highest BCUT2D eigenvalue weighted by molar-refractivity contribution is 7.10. The number of rotatable bonds is 5. The molecule has 0 aliphatic carbocycles. The van der Waals surface area contributed by atoms with Gasteiger partial charge in [-0.15, -0.1) is 22.7 Å². The molecule has 7 heteroatoms. The van der Waals surface area contributed by atoms with Crippen molar-refractivity contribution in [3.8, 4) is 0 Å². The van der Waals surface area contributed by atoms with E-state index in [1.807, 2.05) is 0 Å². The topological polar surface area (TPSA) is 61.4 Å². The van der Waals surface area contributed by atoms with E-state index in [1.54, 1.807) is 54.0 Å². The van der Waals surface area contributed by atoms with Gasteiger partial charge in [0, 0.05) is 34.6 Å². The molecule has 0 saturated heterocycles. The maximum Gasteiger partial charge on any atom is 0.251 e. The number of nitrogens with one attached hydrogen (secondary N) is 2. The minimum atomic E-state index is -0.142. The van der Waals surface area contributed by atoms with E-state index in [1.165, 1.54) is 15.3 Å². The second-order valence-electron chi connectivity index (χ2n) is 6.64. The number of benzene rings is 1. The van der Waals surface area contributed by atoms with Crippen LogP contribution in [0.3, 0.4) is 0 Å². The summed E-state index contributed by atoms with van der Waals surface area (Å²) in [5, 5.41) is 9.77. The Morgan fingerprint density at radius 2 is 1.93 bits per heavy atom. The van der Waals surface area contributed by atoms with Gasteiger partial charge in [0.2, 0.25) is 5.91 Å². The zero-order valence-electron chi connectivity index (χ0n) is 15.5. The largest absolute Gasteiger partial charge is 0.355 e. The second-order valence-corrected chi connectivity index (χ2v) is 8.62. The molecule has 2 N–H and O–H groups in total. The van der Waals surface area contributed by atoms with Crippen molar-refractivity contribution in [3.05, 3.63) is 74.1 Å². The van der Waals surface area contributed by atoms with Gasteiger partial charge in [0.1, 0.15) is 0 Å². The fourth-order valence-corrected chi connectivity index (χ4v) is 5.33. The van der Waals surface area contributed by atoms with Crippen molar-refractivity contribution in [2.75, 3.05) is 25.5 Å². The summed E-state index contributed by atoms with van der Waals surface area (Å²) in [5.41, 5.74) is 2.58. The lowest BCUT2D eigenvalue weighted by atomic mass is 9.98. The van der Waals surface area contributed by atoms with Crippen LogP contribution in [0.1, 0.15) is 31.7 Å². The van der Waals surface area contributed by atoms with E-state index in [2.05, 4.69) is 44.5 Å². The van der Waals surface area contributed by atoms with Gasteiger partial charge in [0.15, 0.2) is 0 Å². The van der Waals surface area contributed by atoms with Gasteiger partial charge in [-0.05, 0) is 59.1 Å². The Morgan fingerprint density at radius 3 is 2.64 bits per heavy atom. The Balaban J connectivity index is 1.47. The summed E-state index contributed by atoms with van der Waals surface area (Å²) >= 11 is 3.53. The Morgan fingerprint density at radius 1 is 1.11 bits per heavy atom. The Kier molecular flexibility index (Phi) is 5.57. The van der Waals surface area contributed by atoms with Gasteiger partial charge < -0.3 is 10.6 Å². The average Bonchev–Trinajstić information content (AvgIpc) is 3.39. The van der Waals surface area contributed by atoms with Gasteiger partial charge in [-0.2, -0.15) is 0 Å². The number of amides is 2. The molecule has 0 fully saturated rings. The highest BCUT2D eigenvalue weighted by atomic mass is 32.1. The fraction of sp³-hybridized carbons (Fsp3) is 0.238. The zero-order valence-corrected chi connectivity index (χ0v) is 17.1. The molecule has 1 aliphatic rings. The summed E-state index contributed by atoms with van der Waals surface area (Å²) in [7, 11) is 1.60. The van der Waals surface area contributed by atoms with Crippen LogP contribution in [0.15, 0.2) is 53.2 Å². The van der Waals surface area contributed by atoms with Crippen molar-refractivity contribution in [1.29, 1.82) is 0 Å². The molecule has 2 amide bonds. The Hall–Kier alpha value is -2.48. The van der Waals surface area contributed by atoms with Crippen molar-refractivity contribution < 1.29 is 9.59 Å². The van der Waals surface area contributed by atoms with Crippen LogP contribution in [0.25, 0.3) is 0 Å². The predicted molar refractivity (Wildman–Crippen MR) is 114 cm³/mol. The molecule has 28 heavy (non-hydrogen) atoms. The minimum absolute atomic E-state index is 0.0482. The molecule has 0 saturated carbocycles. The maximum atomic E-state index is 12.7. The number of hydrogen-bond acceptors (Lipinski definition) is 5. The summed E-state index contributed by atoms with van der Waals surface area (Å²) in [5.74, 6) is -0.190. The molecule has 2 aromatic heterocycles.